The van der Waals surface area contributed by atoms with Crippen molar-refractivity contribution < 1.29 is 28.2 Å². The third-order valence-corrected chi connectivity index (χ3v) is 8.69. The van der Waals surface area contributed by atoms with E-state index in [-0.39, 0.29) is 49.0 Å². The second-order valence-corrected chi connectivity index (χ2v) is 12.3. The second-order valence-electron chi connectivity index (χ2n) is 12.3. The van der Waals surface area contributed by atoms with Crippen LogP contribution >= 0.6 is 0 Å². The van der Waals surface area contributed by atoms with Gasteiger partial charge >= 0.3 is 0 Å². The van der Waals surface area contributed by atoms with Crippen molar-refractivity contribution in [2.45, 2.75) is 70.6 Å². The van der Waals surface area contributed by atoms with E-state index in [1.165, 1.54) is 12.1 Å². The first-order valence-electron chi connectivity index (χ1n) is 16.3. The summed E-state index contributed by atoms with van der Waals surface area (Å²) in [6, 6.07) is 19.9. The molecular weight excluding hydrogens is 588 g/mol. The van der Waals surface area contributed by atoms with Crippen molar-refractivity contribution in [3.63, 3.8) is 0 Å². The quantitative estimate of drug-likeness (QED) is 0.169. The Morgan fingerprint density at radius 2 is 1.57 bits per heavy atom. The van der Waals surface area contributed by atoms with Gasteiger partial charge in [0.15, 0.2) is 0 Å². The maximum absolute atomic E-state index is 14.0. The molecule has 0 heterocycles. The molecule has 4 rings (SSSR count). The van der Waals surface area contributed by atoms with Gasteiger partial charge in [0.2, 0.25) is 11.8 Å². The number of methoxy groups -OCH3 is 1. The van der Waals surface area contributed by atoms with Crippen LogP contribution in [0.5, 0.6) is 5.75 Å². The molecular formula is C37H47F2N3O4. The molecule has 7 nitrogen and oxygen atoms in total. The number of nitrogens with one attached hydrogen (secondary N) is 2. The molecule has 3 aromatic rings. The number of benzene rings is 3. The third-order valence-electron chi connectivity index (χ3n) is 8.69. The number of aliphatic hydroxyl groups is 1. The summed E-state index contributed by atoms with van der Waals surface area (Å²) in [6.07, 6.45) is 1.33. The molecule has 0 bridgehead atoms. The van der Waals surface area contributed by atoms with Gasteiger partial charge in [-0.15, -0.1) is 0 Å². The molecule has 2 amide bonds. The molecule has 3 N–H and O–H groups in total. The number of hydrogen-bond acceptors (Lipinski definition) is 5. The van der Waals surface area contributed by atoms with Gasteiger partial charge in [0, 0.05) is 45.1 Å². The molecule has 0 saturated heterocycles. The minimum absolute atomic E-state index is 0.0297. The van der Waals surface area contributed by atoms with Crippen molar-refractivity contribution in [3.8, 4) is 5.75 Å². The number of nitrogens with zero attached hydrogens (tertiary/aromatic N) is 1. The highest BCUT2D eigenvalue weighted by atomic mass is 19.1. The van der Waals surface area contributed by atoms with Crippen molar-refractivity contribution in [1.29, 1.82) is 0 Å². The number of carbonyl (C=O) groups excluding carboxylic acids is 2. The maximum atomic E-state index is 14.0. The van der Waals surface area contributed by atoms with Gasteiger partial charge in [-0.3, -0.25) is 9.59 Å². The van der Waals surface area contributed by atoms with Crippen molar-refractivity contribution in [2.75, 3.05) is 26.7 Å². The van der Waals surface area contributed by atoms with Crippen LogP contribution < -0.4 is 15.4 Å². The van der Waals surface area contributed by atoms with E-state index in [4.69, 9.17) is 4.74 Å². The van der Waals surface area contributed by atoms with Crippen LogP contribution in [0.3, 0.4) is 0 Å². The smallest absolute Gasteiger partial charge is 0.222 e. The summed E-state index contributed by atoms with van der Waals surface area (Å²) in [5.41, 5.74) is 2.39. The topological polar surface area (TPSA) is 90.9 Å². The maximum Gasteiger partial charge on any atom is 0.222 e. The molecule has 1 aliphatic rings. The van der Waals surface area contributed by atoms with Gasteiger partial charge in [-0.2, -0.15) is 0 Å². The molecule has 248 valence electrons. The van der Waals surface area contributed by atoms with Crippen LogP contribution in [-0.2, 0) is 22.6 Å². The highest BCUT2D eigenvalue weighted by Gasteiger charge is 2.52. The number of ether oxygens (including phenoxy) is 1. The van der Waals surface area contributed by atoms with Gasteiger partial charge in [-0.25, -0.2) is 8.78 Å². The number of aliphatic hydroxyl groups excluding tert-OH is 1. The lowest BCUT2D eigenvalue weighted by atomic mass is 10.00. The first-order valence-corrected chi connectivity index (χ1v) is 16.3. The zero-order valence-corrected chi connectivity index (χ0v) is 27.1. The SMILES string of the molecule is CCCN(CCC)C(=O)C[C@@H]1[C@@H](CC(=O)N[C@@H](Cc2cc(F)cc(F)c2)[C@H](O)CNCc2cccc(OC)c2)[C@@H]1c1ccccc1. The highest BCUT2D eigenvalue weighted by Crippen LogP contribution is 2.57. The largest absolute Gasteiger partial charge is 0.497 e. The first kappa shape index (κ1) is 35.0. The van der Waals surface area contributed by atoms with Crippen LogP contribution in [0.4, 0.5) is 8.78 Å². The van der Waals surface area contributed by atoms with Crippen LogP contribution in [0.15, 0.2) is 72.8 Å². The molecule has 1 fully saturated rings. The fourth-order valence-corrected chi connectivity index (χ4v) is 6.44. The summed E-state index contributed by atoms with van der Waals surface area (Å²) in [6.45, 7) is 6.14. The predicted molar refractivity (Wildman–Crippen MR) is 175 cm³/mol. The van der Waals surface area contributed by atoms with E-state index in [9.17, 15) is 23.5 Å². The monoisotopic (exact) mass is 635 g/mol. The number of hydrogen-bond donors (Lipinski definition) is 3. The summed E-state index contributed by atoms with van der Waals surface area (Å²) in [5, 5.41) is 17.4. The van der Waals surface area contributed by atoms with Gasteiger partial charge in [0.05, 0.1) is 19.3 Å². The van der Waals surface area contributed by atoms with Crippen LogP contribution in [0.25, 0.3) is 0 Å². The Bertz CT molecular complexity index is 1400. The minimum Gasteiger partial charge on any atom is -0.497 e. The first-order chi connectivity index (χ1) is 22.2. The van der Waals surface area contributed by atoms with Crippen LogP contribution in [0, 0.1) is 23.5 Å². The van der Waals surface area contributed by atoms with E-state index >= 15 is 0 Å². The third kappa shape index (κ3) is 10.1. The number of amides is 2. The minimum atomic E-state index is -1.04. The van der Waals surface area contributed by atoms with Crippen LogP contribution in [0.1, 0.15) is 62.1 Å². The Balaban J connectivity index is 1.45. The zero-order valence-electron chi connectivity index (χ0n) is 27.1. The summed E-state index contributed by atoms with van der Waals surface area (Å²) < 4.78 is 33.3. The molecule has 1 saturated carbocycles. The Kier molecular flexibility index (Phi) is 13.1. The van der Waals surface area contributed by atoms with Gasteiger partial charge in [-0.05, 0) is 78.0 Å². The van der Waals surface area contributed by atoms with Crippen molar-refractivity contribution in [1.82, 2.24) is 15.5 Å². The lowest BCUT2D eigenvalue weighted by Gasteiger charge is -2.25. The normalized spacial score (nSPS) is 18.4. The van der Waals surface area contributed by atoms with E-state index in [2.05, 4.69) is 24.5 Å². The number of carbonyl (C=O) groups is 2. The van der Waals surface area contributed by atoms with Crippen molar-refractivity contribution in [2.24, 2.45) is 11.8 Å². The van der Waals surface area contributed by atoms with Crippen molar-refractivity contribution >= 4 is 11.8 Å². The highest BCUT2D eigenvalue weighted by molar-refractivity contribution is 5.79. The Hall–Kier alpha value is -3.82. The van der Waals surface area contributed by atoms with E-state index in [0.29, 0.717) is 31.6 Å². The van der Waals surface area contributed by atoms with E-state index in [1.54, 1.807) is 7.11 Å². The summed E-state index contributed by atoms with van der Waals surface area (Å²) >= 11 is 0. The van der Waals surface area contributed by atoms with Gasteiger partial charge in [0.1, 0.15) is 17.4 Å². The Morgan fingerprint density at radius 1 is 0.891 bits per heavy atom. The lowest BCUT2D eigenvalue weighted by molar-refractivity contribution is -0.132. The van der Waals surface area contributed by atoms with Crippen LogP contribution in [-0.4, -0.2) is 60.7 Å². The summed E-state index contributed by atoms with van der Waals surface area (Å²) in [4.78, 5) is 28.7. The Morgan fingerprint density at radius 3 is 2.22 bits per heavy atom. The lowest BCUT2D eigenvalue weighted by Crippen LogP contribution is -2.48. The van der Waals surface area contributed by atoms with Crippen LogP contribution in [0.2, 0.25) is 0 Å². The molecule has 0 radical (unpaired) electrons. The molecule has 0 aromatic heterocycles. The van der Waals surface area contributed by atoms with E-state index in [1.807, 2.05) is 59.5 Å². The predicted octanol–water partition coefficient (Wildman–Crippen LogP) is 5.61. The number of halogens is 2. The van der Waals surface area contributed by atoms with Gasteiger partial charge in [-0.1, -0.05) is 56.3 Å². The number of rotatable bonds is 18. The average Bonchev–Trinajstić information content (AvgIpc) is 3.70. The summed E-state index contributed by atoms with van der Waals surface area (Å²) in [7, 11) is 1.59. The molecule has 5 atom stereocenters. The average molecular weight is 636 g/mol. The van der Waals surface area contributed by atoms with Gasteiger partial charge < -0.3 is 25.4 Å². The summed E-state index contributed by atoms with van der Waals surface area (Å²) in [5.74, 6) is -0.811. The molecule has 0 spiro atoms. The molecule has 0 aliphatic heterocycles. The van der Waals surface area contributed by atoms with E-state index < -0.39 is 23.8 Å². The fourth-order valence-electron chi connectivity index (χ4n) is 6.44. The fraction of sp³-hybridized carbons (Fsp3) is 0.459. The van der Waals surface area contributed by atoms with Crippen molar-refractivity contribution in [3.05, 3.63) is 101 Å². The molecule has 9 heteroatoms. The second kappa shape index (κ2) is 17.2. The molecule has 46 heavy (non-hydrogen) atoms. The van der Waals surface area contributed by atoms with E-state index in [0.717, 1.165) is 35.8 Å². The molecule has 3 aromatic carbocycles. The Labute approximate surface area is 271 Å². The van der Waals surface area contributed by atoms with Gasteiger partial charge in [0.25, 0.3) is 0 Å². The zero-order chi connectivity index (χ0) is 33.1. The standard InChI is InChI=1S/C37H47F2N3O4/c1-4-14-42(15-5-2)36(45)22-32-31(37(32)27-11-7-6-8-12-27)21-35(44)41-33(19-26-16-28(38)20-29(39)17-26)34(43)24-40-23-25-10-9-13-30(18-25)46-3/h6-13,16-18,20,31-34,37,40,43H,4-5,14-15,19,21-24H2,1-3H3,(H,41,44)/t31-,32-,33+,34-,37+/m1/s1. The molecule has 1 aliphatic carbocycles. The molecule has 0 unspecified atom stereocenters.